The lowest BCUT2D eigenvalue weighted by atomic mass is 9.80. The molecule has 0 aromatic rings. The summed E-state index contributed by atoms with van der Waals surface area (Å²) in [4.78, 5) is 6.56. The van der Waals surface area contributed by atoms with Crippen LogP contribution in [0.5, 0.6) is 0 Å². The van der Waals surface area contributed by atoms with Crippen molar-refractivity contribution in [1.29, 1.82) is 0 Å². The van der Waals surface area contributed by atoms with Gasteiger partial charge in [0.05, 0.1) is 17.8 Å². The molecule has 0 aromatic carbocycles. The van der Waals surface area contributed by atoms with Crippen molar-refractivity contribution in [3.8, 4) is 0 Å². The van der Waals surface area contributed by atoms with E-state index in [1.54, 1.807) is 6.20 Å². The minimum absolute atomic E-state index is 0.512. The van der Waals surface area contributed by atoms with Gasteiger partial charge in [0.25, 0.3) is 0 Å². The van der Waals surface area contributed by atoms with E-state index in [4.69, 9.17) is 5.73 Å². The molecule has 0 spiro atoms. The van der Waals surface area contributed by atoms with Gasteiger partial charge >= 0.3 is 0 Å². The summed E-state index contributed by atoms with van der Waals surface area (Å²) in [5.41, 5.74) is 6.05. The second-order valence-corrected chi connectivity index (χ2v) is 4.83. The third-order valence-electron chi connectivity index (χ3n) is 3.54. The van der Waals surface area contributed by atoms with Crippen LogP contribution in [0.15, 0.2) is 16.9 Å². The van der Waals surface area contributed by atoms with Crippen molar-refractivity contribution in [1.82, 2.24) is 4.90 Å². The lowest BCUT2D eigenvalue weighted by Gasteiger charge is -2.34. The number of rotatable bonds is 4. The van der Waals surface area contributed by atoms with Gasteiger partial charge in [-0.1, -0.05) is 0 Å². The van der Waals surface area contributed by atoms with E-state index in [0.717, 1.165) is 38.0 Å². The average Bonchev–Trinajstić information content (AvgIpc) is 2.75. The molecule has 0 radical (unpaired) electrons. The number of allylic oxidation sites excluding steroid dienone is 1. The van der Waals surface area contributed by atoms with Crippen LogP contribution in [0.2, 0.25) is 0 Å². The van der Waals surface area contributed by atoms with Crippen LogP contribution in [0.3, 0.4) is 0 Å². The Morgan fingerprint density at radius 1 is 1.31 bits per heavy atom. The molecule has 1 aliphatic carbocycles. The highest BCUT2D eigenvalue weighted by molar-refractivity contribution is 5.77. The third-order valence-corrected chi connectivity index (χ3v) is 3.54. The summed E-state index contributed by atoms with van der Waals surface area (Å²) in [6, 6.07) is 0. The molecular formula is C12H21N3O. The van der Waals surface area contributed by atoms with E-state index in [0.29, 0.717) is 6.54 Å². The molecule has 1 saturated heterocycles. The fraction of sp³-hybridized carbons (Fsp3) is 0.750. The van der Waals surface area contributed by atoms with E-state index in [-0.39, 0.29) is 0 Å². The summed E-state index contributed by atoms with van der Waals surface area (Å²) in [7, 11) is 0. The van der Waals surface area contributed by atoms with Crippen molar-refractivity contribution in [3.05, 3.63) is 11.9 Å². The van der Waals surface area contributed by atoms with E-state index >= 15 is 0 Å². The molecule has 0 atom stereocenters. The minimum Gasteiger partial charge on any atom is -0.403 e. The Morgan fingerprint density at radius 2 is 2.00 bits per heavy atom. The van der Waals surface area contributed by atoms with E-state index in [1.165, 1.54) is 12.8 Å². The molecule has 4 heteroatoms. The summed E-state index contributed by atoms with van der Waals surface area (Å²) in [5.74, 6) is 0. The molecule has 3 N–H and O–H groups in total. The van der Waals surface area contributed by atoms with Gasteiger partial charge in [-0.15, -0.1) is 0 Å². The second kappa shape index (κ2) is 4.87. The fourth-order valence-corrected chi connectivity index (χ4v) is 2.26. The van der Waals surface area contributed by atoms with Crippen molar-refractivity contribution < 1.29 is 5.11 Å². The van der Waals surface area contributed by atoms with E-state index in [1.807, 2.05) is 6.21 Å². The molecule has 1 heterocycles. The summed E-state index contributed by atoms with van der Waals surface area (Å²) < 4.78 is 0. The molecule has 1 saturated carbocycles. The van der Waals surface area contributed by atoms with Crippen molar-refractivity contribution >= 4 is 6.21 Å². The van der Waals surface area contributed by atoms with Gasteiger partial charge < -0.3 is 15.7 Å². The molecule has 0 bridgehead atoms. The number of nitrogens with two attached hydrogens (primary N) is 1. The maximum atomic E-state index is 9.88. The monoisotopic (exact) mass is 223 g/mol. The first-order chi connectivity index (χ1) is 7.73. The van der Waals surface area contributed by atoms with Gasteiger partial charge in [-0.25, -0.2) is 0 Å². The highest BCUT2D eigenvalue weighted by atomic mass is 16.3. The standard InChI is InChI=1S/C12H21N3O/c13-8-11(15-6-1-2-7-15)9-14-10-12(16)4-3-5-12/h8-9,16H,1-7,10,13H2/b11-8+,14-9?. The van der Waals surface area contributed by atoms with Crippen LogP contribution in [-0.2, 0) is 0 Å². The van der Waals surface area contributed by atoms with E-state index in [2.05, 4.69) is 9.89 Å². The summed E-state index contributed by atoms with van der Waals surface area (Å²) in [5, 5.41) is 9.88. The second-order valence-electron chi connectivity index (χ2n) is 4.83. The van der Waals surface area contributed by atoms with Gasteiger partial charge in [-0.2, -0.15) is 0 Å². The highest BCUT2D eigenvalue weighted by Gasteiger charge is 2.33. The quantitative estimate of drug-likeness (QED) is 0.695. The van der Waals surface area contributed by atoms with Gasteiger partial charge in [0.15, 0.2) is 0 Å². The molecule has 2 rings (SSSR count). The van der Waals surface area contributed by atoms with Crippen LogP contribution < -0.4 is 5.73 Å². The molecule has 2 fully saturated rings. The number of nitrogens with zero attached hydrogens (tertiary/aromatic N) is 2. The SMILES string of the molecule is N/C=C(\C=NCC1(O)CCC1)N1CCCC1. The Kier molecular flexibility index (Phi) is 3.49. The number of hydrogen-bond acceptors (Lipinski definition) is 4. The van der Waals surface area contributed by atoms with Crippen molar-refractivity contribution in [2.24, 2.45) is 10.7 Å². The number of likely N-dealkylation sites (tertiary alicyclic amines) is 1. The van der Waals surface area contributed by atoms with Crippen LogP contribution in [0.4, 0.5) is 0 Å². The largest absolute Gasteiger partial charge is 0.403 e. The van der Waals surface area contributed by atoms with Gasteiger partial charge in [-0.3, -0.25) is 4.99 Å². The first-order valence-electron chi connectivity index (χ1n) is 6.13. The average molecular weight is 223 g/mol. The molecule has 0 amide bonds. The summed E-state index contributed by atoms with van der Waals surface area (Å²) in [6.45, 7) is 2.65. The molecule has 2 aliphatic rings. The van der Waals surface area contributed by atoms with Crippen molar-refractivity contribution in [2.75, 3.05) is 19.6 Å². The number of aliphatic imine (C=N–C) groups is 1. The molecule has 0 unspecified atom stereocenters. The Hall–Kier alpha value is -1.03. The molecular weight excluding hydrogens is 202 g/mol. The molecule has 1 aliphatic heterocycles. The molecule has 16 heavy (non-hydrogen) atoms. The number of aliphatic hydroxyl groups is 1. The van der Waals surface area contributed by atoms with Crippen molar-refractivity contribution in [2.45, 2.75) is 37.7 Å². The van der Waals surface area contributed by atoms with Crippen LogP contribution in [0.1, 0.15) is 32.1 Å². The van der Waals surface area contributed by atoms with E-state index in [9.17, 15) is 5.11 Å². The van der Waals surface area contributed by atoms with Gasteiger partial charge in [0, 0.05) is 25.5 Å². The van der Waals surface area contributed by atoms with Crippen LogP contribution in [0.25, 0.3) is 0 Å². The third kappa shape index (κ3) is 2.55. The lowest BCUT2D eigenvalue weighted by Crippen LogP contribution is -2.39. The summed E-state index contributed by atoms with van der Waals surface area (Å²) in [6.07, 6.45) is 8.77. The first-order valence-corrected chi connectivity index (χ1v) is 6.13. The number of hydrogen-bond donors (Lipinski definition) is 2. The van der Waals surface area contributed by atoms with Crippen LogP contribution in [0, 0.1) is 0 Å². The molecule has 0 aromatic heterocycles. The van der Waals surface area contributed by atoms with Gasteiger partial charge in [0.1, 0.15) is 0 Å². The maximum Gasteiger partial charge on any atom is 0.0842 e. The first kappa shape index (κ1) is 11.5. The zero-order chi connectivity index (χ0) is 11.4. The Morgan fingerprint density at radius 3 is 2.50 bits per heavy atom. The van der Waals surface area contributed by atoms with Crippen LogP contribution in [-0.4, -0.2) is 41.5 Å². The predicted molar refractivity (Wildman–Crippen MR) is 65.2 cm³/mol. The molecule has 4 nitrogen and oxygen atoms in total. The zero-order valence-corrected chi connectivity index (χ0v) is 9.73. The van der Waals surface area contributed by atoms with Gasteiger partial charge in [-0.05, 0) is 32.1 Å². The Balaban J connectivity index is 1.84. The normalized spacial score (nSPS) is 25.1. The predicted octanol–water partition coefficient (Wildman–Crippen LogP) is 0.868. The zero-order valence-electron chi connectivity index (χ0n) is 9.73. The van der Waals surface area contributed by atoms with Gasteiger partial charge in [0.2, 0.25) is 0 Å². The van der Waals surface area contributed by atoms with Crippen LogP contribution >= 0.6 is 0 Å². The highest BCUT2D eigenvalue weighted by Crippen LogP contribution is 2.31. The lowest BCUT2D eigenvalue weighted by molar-refractivity contribution is -0.0234. The minimum atomic E-state index is -0.527. The molecule has 90 valence electrons. The summed E-state index contributed by atoms with van der Waals surface area (Å²) >= 11 is 0. The van der Waals surface area contributed by atoms with E-state index < -0.39 is 5.60 Å². The topological polar surface area (TPSA) is 61.9 Å². The fourth-order valence-electron chi connectivity index (χ4n) is 2.26. The maximum absolute atomic E-state index is 9.88. The Labute approximate surface area is 96.8 Å². The van der Waals surface area contributed by atoms with Crippen molar-refractivity contribution in [3.63, 3.8) is 0 Å². The smallest absolute Gasteiger partial charge is 0.0842 e. The Bertz CT molecular complexity index is 289.